The van der Waals surface area contributed by atoms with Crippen molar-refractivity contribution in [3.05, 3.63) is 65.2 Å². The number of piperidine rings is 1. The van der Waals surface area contributed by atoms with Gasteiger partial charge in [0.1, 0.15) is 6.61 Å². The summed E-state index contributed by atoms with van der Waals surface area (Å²) in [5, 5.41) is 11.7. The van der Waals surface area contributed by atoms with Gasteiger partial charge in [0, 0.05) is 25.2 Å². The zero-order chi connectivity index (χ0) is 20.8. The van der Waals surface area contributed by atoms with Crippen molar-refractivity contribution in [2.24, 2.45) is 5.92 Å². The Kier molecular flexibility index (Phi) is 6.64. The Balaban J connectivity index is 1.41. The van der Waals surface area contributed by atoms with Crippen LogP contribution < -0.4 is 5.32 Å². The fourth-order valence-electron chi connectivity index (χ4n) is 3.17. The van der Waals surface area contributed by atoms with Gasteiger partial charge in [-0.25, -0.2) is 13.6 Å². The molecule has 29 heavy (non-hydrogen) atoms. The van der Waals surface area contributed by atoms with Gasteiger partial charge < -0.3 is 20.1 Å². The van der Waals surface area contributed by atoms with Gasteiger partial charge in [0.25, 0.3) is 5.91 Å². The maximum atomic E-state index is 13.4. The number of nitrogens with one attached hydrogen (secondary N) is 1. The van der Waals surface area contributed by atoms with Crippen LogP contribution in [0.4, 0.5) is 13.6 Å². The Labute approximate surface area is 167 Å². The Morgan fingerprint density at radius 2 is 1.72 bits per heavy atom. The summed E-state index contributed by atoms with van der Waals surface area (Å²) < 4.78 is 32.0. The molecule has 8 heteroatoms. The Morgan fingerprint density at radius 1 is 1.10 bits per heavy atom. The summed E-state index contributed by atoms with van der Waals surface area (Å²) in [5.41, 5.74) is 0.722. The molecule has 1 saturated heterocycles. The summed E-state index contributed by atoms with van der Waals surface area (Å²) in [7, 11) is 0. The molecule has 154 valence electrons. The maximum Gasteiger partial charge on any atom is 0.410 e. The third-order valence-electron chi connectivity index (χ3n) is 4.91. The monoisotopic (exact) mass is 404 g/mol. The van der Waals surface area contributed by atoms with Crippen molar-refractivity contribution in [3.8, 4) is 5.75 Å². The molecule has 0 unspecified atom stereocenters. The summed E-state index contributed by atoms with van der Waals surface area (Å²) >= 11 is 0. The van der Waals surface area contributed by atoms with Crippen LogP contribution in [-0.4, -0.2) is 41.6 Å². The van der Waals surface area contributed by atoms with Gasteiger partial charge in [-0.2, -0.15) is 0 Å². The van der Waals surface area contributed by atoms with Crippen molar-refractivity contribution in [1.82, 2.24) is 10.2 Å². The number of halogens is 2. The summed E-state index contributed by atoms with van der Waals surface area (Å²) in [5.74, 6) is -3.94. The summed E-state index contributed by atoms with van der Waals surface area (Å²) in [6.07, 6.45) is 0.990. The Hall–Kier alpha value is -3.16. The molecule has 0 aromatic heterocycles. The molecule has 1 fully saturated rings. The normalized spacial score (nSPS) is 14.5. The highest BCUT2D eigenvalue weighted by atomic mass is 19.1. The second-order valence-corrected chi connectivity index (χ2v) is 6.97. The number of amides is 2. The van der Waals surface area contributed by atoms with E-state index in [1.54, 1.807) is 4.90 Å². The minimum atomic E-state index is -1.18. The highest BCUT2D eigenvalue weighted by Crippen LogP contribution is 2.22. The van der Waals surface area contributed by atoms with Gasteiger partial charge in [0.2, 0.25) is 0 Å². The van der Waals surface area contributed by atoms with Crippen LogP contribution in [0.1, 0.15) is 28.8 Å². The lowest BCUT2D eigenvalue weighted by Crippen LogP contribution is -2.41. The number of nitrogens with zero attached hydrogens (tertiary/aromatic N) is 1. The van der Waals surface area contributed by atoms with E-state index in [4.69, 9.17) is 9.84 Å². The largest absolute Gasteiger partial charge is 0.503 e. The molecule has 3 rings (SSSR count). The molecule has 0 radical (unpaired) electrons. The quantitative estimate of drug-likeness (QED) is 0.800. The number of ether oxygens (including phenoxy) is 1. The van der Waals surface area contributed by atoms with Gasteiger partial charge in [0.05, 0.1) is 0 Å². The number of carbonyl (C=O) groups excluding carboxylic acids is 2. The molecule has 6 nitrogen and oxygen atoms in total. The van der Waals surface area contributed by atoms with Gasteiger partial charge in [-0.15, -0.1) is 0 Å². The van der Waals surface area contributed by atoms with Gasteiger partial charge >= 0.3 is 6.09 Å². The van der Waals surface area contributed by atoms with Crippen LogP contribution >= 0.6 is 0 Å². The molecule has 0 spiro atoms. The number of likely N-dealkylation sites (tertiary alicyclic amines) is 1. The highest BCUT2D eigenvalue weighted by molar-refractivity contribution is 5.94. The zero-order valence-corrected chi connectivity index (χ0v) is 15.7. The van der Waals surface area contributed by atoms with Gasteiger partial charge in [-0.05, 0) is 36.5 Å². The second kappa shape index (κ2) is 9.36. The van der Waals surface area contributed by atoms with E-state index in [2.05, 4.69) is 5.32 Å². The third-order valence-corrected chi connectivity index (χ3v) is 4.91. The first kappa shape index (κ1) is 20.6. The number of carbonyl (C=O) groups is 2. The molecule has 1 aliphatic heterocycles. The van der Waals surface area contributed by atoms with E-state index in [1.807, 2.05) is 30.3 Å². The number of phenolic OH excluding ortho intramolecular Hbond substituents is 1. The number of hydrogen-bond donors (Lipinski definition) is 2. The van der Waals surface area contributed by atoms with Crippen molar-refractivity contribution in [1.29, 1.82) is 0 Å². The average molecular weight is 404 g/mol. The second-order valence-electron chi connectivity index (χ2n) is 6.97. The molecule has 2 aromatic rings. The van der Waals surface area contributed by atoms with Crippen LogP contribution in [0.5, 0.6) is 5.75 Å². The molecule has 1 heterocycles. The van der Waals surface area contributed by atoms with Crippen LogP contribution in [0.25, 0.3) is 0 Å². The first-order valence-corrected chi connectivity index (χ1v) is 9.36. The van der Waals surface area contributed by atoms with E-state index in [0.717, 1.165) is 17.7 Å². The number of aromatic hydroxyl groups is 1. The summed E-state index contributed by atoms with van der Waals surface area (Å²) in [6.45, 7) is 1.57. The Bertz CT molecular complexity index is 845. The molecule has 0 bridgehead atoms. The molecule has 0 saturated carbocycles. The van der Waals surface area contributed by atoms with Crippen LogP contribution in [0.3, 0.4) is 0 Å². The standard InChI is InChI=1S/C21H22F2N2O4/c22-17-10-16(11-18(23)19(17)26)20(27)24-12-14-6-8-25(9-7-14)21(28)29-13-15-4-2-1-3-5-15/h1-5,10-11,14,26H,6-9,12-13H2,(H,24,27). The minimum Gasteiger partial charge on any atom is -0.503 e. The lowest BCUT2D eigenvalue weighted by molar-refractivity contribution is 0.0800. The average Bonchev–Trinajstić information content (AvgIpc) is 2.74. The number of benzene rings is 2. The number of hydrogen-bond acceptors (Lipinski definition) is 4. The van der Waals surface area contributed by atoms with Gasteiger partial charge in [0.15, 0.2) is 17.4 Å². The number of phenols is 1. The predicted octanol–water partition coefficient (Wildman–Crippen LogP) is 3.45. The van der Waals surface area contributed by atoms with Crippen LogP contribution in [0.2, 0.25) is 0 Å². The van der Waals surface area contributed by atoms with Gasteiger partial charge in [-0.3, -0.25) is 4.79 Å². The fraction of sp³-hybridized carbons (Fsp3) is 0.333. The predicted molar refractivity (Wildman–Crippen MR) is 101 cm³/mol. The molecule has 2 aromatic carbocycles. The van der Waals surface area contributed by atoms with E-state index in [-0.39, 0.29) is 24.2 Å². The van der Waals surface area contributed by atoms with Crippen molar-refractivity contribution in [2.45, 2.75) is 19.4 Å². The van der Waals surface area contributed by atoms with Crippen molar-refractivity contribution in [2.75, 3.05) is 19.6 Å². The fourth-order valence-corrected chi connectivity index (χ4v) is 3.17. The van der Waals surface area contributed by atoms with Crippen LogP contribution in [0.15, 0.2) is 42.5 Å². The van der Waals surface area contributed by atoms with E-state index < -0.39 is 23.3 Å². The lowest BCUT2D eigenvalue weighted by atomic mass is 9.97. The van der Waals surface area contributed by atoms with Crippen molar-refractivity contribution in [3.63, 3.8) is 0 Å². The Morgan fingerprint density at radius 3 is 2.34 bits per heavy atom. The molecule has 2 N–H and O–H groups in total. The third kappa shape index (κ3) is 5.43. The molecular weight excluding hydrogens is 382 g/mol. The molecule has 0 aliphatic carbocycles. The SMILES string of the molecule is O=C(NCC1CCN(C(=O)OCc2ccccc2)CC1)c1cc(F)c(O)c(F)c1. The molecule has 1 aliphatic rings. The van der Waals surface area contributed by atoms with E-state index >= 15 is 0 Å². The van der Waals surface area contributed by atoms with Gasteiger partial charge in [-0.1, -0.05) is 30.3 Å². The first-order valence-electron chi connectivity index (χ1n) is 9.36. The van der Waals surface area contributed by atoms with Crippen LogP contribution in [0, 0.1) is 17.6 Å². The highest BCUT2D eigenvalue weighted by Gasteiger charge is 2.24. The van der Waals surface area contributed by atoms with E-state index in [9.17, 15) is 18.4 Å². The number of rotatable bonds is 5. The molecule has 0 atom stereocenters. The first-order chi connectivity index (χ1) is 13.9. The zero-order valence-electron chi connectivity index (χ0n) is 15.7. The maximum absolute atomic E-state index is 13.4. The summed E-state index contributed by atoms with van der Waals surface area (Å²) in [6, 6.07) is 11.0. The lowest BCUT2D eigenvalue weighted by Gasteiger charge is -2.31. The summed E-state index contributed by atoms with van der Waals surface area (Å²) in [4.78, 5) is 25.9. The topological polar surface area (TPSA) is 78.9 Å². The molecular formula is C21H22F2N2O4. The minimum absolute atomic E-state index is 0.143. The van der Waals surface area contributed by atoms with E-state index in [0.29, 0.717) is 32.5 Å². The van der Waals surface area contributed by atoms with Crippen molar-refractivity contribution < 1.29 is 28.2 Å². The van der Waals surface area contributed by atoms with Crippen LogP contribution in [-0.2, 0) is 11.3 Å². The smallest absolute Gasteiger partial charge is 0.410 e. The molecule has 2 amide bonds. The van der Waals surface area contributed by atoms with E-state index in [1.165, 1.54) is 0 Å². The van der Waals surface area contributed by atoms with Crippen molar-refractivity contribution >= 4 is 12.0 Å².